The van der Waals surface area contributed by atoms with Gasteiger partial charge in [0.25, 0.3) is 5.56 Å². The Morgan fingerprint density at radius 2 is 1.59 bits per heavy atom. The zero-order chi connectivity index (χ0) is 15.1. The van der Waals surface area contributed by atoms with E-state index in [4.69, 9.17) is 0 Å². The molecule has 0 unspecified atom stereocenters. The van der Waals surface area contributed by atoms with Gasteiger partial charge in [-0.2, -0.15) is 0 Å². The van der Waals surface area contributed by atoms with Crippen LogP contribution in [-0.2, 0) is 0 Å². The van der Waals surface area contributed by atoms with Crippen molar-refractivity contribution in [2.75, 3.05) is 0 Å². The minimum atomic E-state index is -0.114. The van der Waals surface area contributed by atoms with E-state index in [1.54, 1.807) is 22.6 Å². The lowest BCUT2D eigenvalue weighted by molar-refractivity contribution is 0.104. The molecule has 0 amide bonds. The number of aromatic nitrogens is 1. The van der Waals surface area contributed by atoms with Gasteiger partial charge in [0.05, 0.1) is 15.8 Å². The highest BCUT2D eigenvalue weighted by Crippen LogP contribution is 2.28. The number of fused-ring (bicyclic) bond motifs is 3. The average Bonchev–Trinajstić information content (AvgIpc) is 2.95. The molecule has 2 aromatic heterocycles. The fourth-order valence-electron chi connectivity index (χ4n) is 2.60. The molecule has 0 radical (unpaired) electrons. The summed E-state index contributed by atoms with van der Waals surface area (Å²) in [4.78, 5) is 25.7. The van der Waals surface area contributed by atoms with Gasteiger partial charge in [-0.15, -0.1) is 11.3 Å². The maximum atomic E-state index is 12.7. The summed E-state index contributed by atoms with van der Waals surface area (Å²) in [5.41, 5.74) is 1.92. The lowest BCUT2D eigenvalue weighted by Gasteiger charge is -2.03. The highest BCUT2D eigenvalue weighted by molar-refractivity contribution is 7.24. The monoisotopic (exact) mass is 305 g/mol. The summed E-state index contributed by atoms with van der Waals surface area (Å²) in [5.74, 6) is -0.0651. The average molecular weight is 305 g/mol. The quantitative estimate of drug-likeness (QED) is 0.529. The number of thiazole rings is 1. The van der Waals surface area contributed by atoms with Crippen LogP contribution in [-0.4, -0.2) is 10.2 Å². The molecule has 2 heterocycles. The van der Waals surface area contributed by atoms with Gasteiger partial charge in [-0.25, -0.2) is 0 Å². The summed E-state index contributed by atoms with van der Waals surface area (Å²) in [5, 5.41) is 0. The number of para-hydroxylation sites is 1. The van der Waals surface area contributed by atoms with Gasteiger partial charge >= 0.3 is 0 Å². The molecule has 0 bridgehead atoms. The van der Waals surface area contributed by atoms with E-state index >= 15 is 0 Å². The molecule has 0 fully saturated rings. The Morgan fingerprint density at radius 1 is 0.864 bits per heavy atom. The van der Waals surface area contributed by atoms with Crippen molar-refractivity contribution >= 4 is 32.2 Å². The maximum absolute atomic E-state index is 12.7. The first-order valence-corrected chi connectivity index (χ1v) is 7.70. The second-order valence-electron chi connectivity index (χ2n) is 4.99. The SMILES string of the molecule is O=C(c1ccccc1)c1ccc(=O)n2c1sc1ccccc12. The topological polar surface area (TPSA) is 38.5 Å². The molecule has 0 N–H and O–H groups in total. The van der Waals surface area contributed by atoms with Gasteiger partial charge < -0.3 is 0 Å². The van der Waals surface area contributed by atoms with E-state index in [1.165, 1.54) is 17.4 Å². The molecule has 0 aliphatic carbocycles. The van der Waals surface area contributed by atoms with E-state index in [2.05, 4.69) is 0 Å². The number of hydrogen-bond donors (Lipinski definition) is 0. The molecule has 0 saturated carbocycles. The minimum absolute atomic E-state index is 0.0651. The first-order valence-electron chi connectivity index (χ1n) is 6.89. The summed E-state index contributed by atoms with van der Waals surface area (Å²) in [6, 6.07) is 19.9. The Hall–Kier alpha value is -2.72. The Bertz CT molecular complexity index is 1060. The predicted molar refractivity (Wildman–Crippen MR) is 88.9 cm³/mol. The van der Waals surface area contributed by atoms with E-state index in [1.807, 2.05) is 42.5 Å². The van der Waals surface area contributed by atoms with E-state index in [0.717, 1.165) is 10.2 Å². The summed E-state index contributed by atoms with van der Waals surface area (Å²) in [7, 11) is 0. The van der Waals surface area contributed by atoms with Crippen molar-refractivity contribution in [3.63, 3.8) is 0 Å². The summed E-state index contributed by atoms with van der Waals surface area (Å²) >= 11 is 1.47. The highest BCUT2D eigenvalue weighted by Gasteiger charge is 2.16. The van der Waals surface area contributed by atoms with Crippen LogP contribution in [0.15, 0.2) is 71.5 Å². The second-order valence-corrected chi connectivity index (χ2v) is 6.02. The van der Waals surface area contributed by atoms with Crippen molar-refractivity contribution in [3.8, 4) is 0 Å². The molecule has 22 heavy (non-hydrogen) atoms. The van der Waals surface area contributed by atoms with Gasteiger partial charge in [-0.1, -0.05) is 42.5 Å². The van der Waals surface area contributed by atoms with Gasteiger partial charge in [-0.05, 0) is 18.2 Å². The number of ketones is 1. The molecule has 0 aliphatic heterocycles. The van der Waals surface area contributed by atoms with Crippen molar-refractivity contribution in [2.24, 2.45) is 0 Å². The largest absolute Gasteiger partial charge is 0.288 e. The first kappa shape index (κ1) is 13.0. The van der Waals surface area contributed by atoms with Crippen LogP contribution in [0.3, 0.4) is 0 Å². The van der Waals surface area contributed by atoms with Crippen molar-refractivity contribution in [1.29, 1.82) is 0 Å². The standard InChI is InChI=1S/C18H11NO2S/c20-16-11-10-13(17(21)12-6-2-1-3-7-12)18-19(16)14-8-4-5-9-15(14)22-18/h1-11H. The molecular formula is C18H11NO2S. The van der Waals surface area contributed by atoms with Crippen molar-refractivity contribution in [2.45, 2.75) is 0 Å². The second kappa shape index (κ2) is 4.93. The van der Waals surface area contributed by atoms with Crippen LogP contribution in [0.5, 0.6) is 0 Å². The van der Waals surface area contributed by atoms with Gasteiger partial charge in [0, 0.05) is 11.6 Å². The lowest BCUT2D eigenvalue weighted by atomic mass is 10.1. The molecule has 0 aliphatic rings. The zero-order valence-electron chi connectivity index (χ0n) is 11.5. The van der Waals surface area contributed by atoms with Crippen molar-refractivity contribution in [1.82, 2.24) is 4.40 Å². The highest BCUT2D eigenvalue weighted by atomic mass is 32.1. The number of carbonyl (C=O) groups is 1. The first-order chi connectivity index (χ1) is 10.8. The Kier molecular flexibility index (Phi) is 2.91. The number of hydrogen-bond acceptors (Lipinski definition) is 3. The molecule has 4 aromatic rings. The van der Waals surface area contributed by atoms with E-state index in [9.17, 15) is 9.59 Å². The molecule has 3 nitrogen and oxygen atoms in total. The third kappa shape index (κ3) is 1.89. The molecule has 4 heteroatoms. The third-order valence-corrected chi connectivity index (χ3v) is 4.80. The number of benzene rings is 2. The third-order valence-electron chi connectivity index (χ3n) is 3.64. The van der Waals surface area contributed by atoms with Crippen LogP contribution in [0.25, 0.3) is 15.0 Å². The van der Waals surface area contributed by atoms with Crippen molar-refractivity contribution in [3.05, 3.63) is 88.2 Å². The minimum Gasteiger partial charge on any atom is -0.288 e. The van der Waals surface area contributed by atoms with E-state index < -0.39 is 0 Å². The van der Waals surface area contributed by atoms with E-state index in [-0.39, 0.29) is 11.3 Å². The van der Waals surface area contributed by atoms with Crippen molar-refractivity contribution < 1.29 is 4.79 Å². The number of rotatable bonds is 2. The van der Waals surface area contributed by atoms with Crippen LogP contribution in [0, 0.1) is 0 Å². The number of carbonyl (C=O) groups excluding carboxylic acids is 1. The van der Waals surface area contributed by atoms with Crippen LogP contribution < -0.4 is 5.56 Å². The molecule has 0 atom stereocenters. The van der Waals surface area contributed by atoms with E-state index in [0.29, 0.717) is 16.0 Å². The molecule has 2 aromatic carbocycles. The Labute approximate surface area is 130 Å². The normalized spacial score (nSPS) is 11.1. The summed E-state index contributed by atoms with van der Waals surface area (Å²) in [6.07, 6.45) is 0. The van der Waals surface area contributed by atoms with Crippen LogP contribution in [0.2, 0.25) is 0 Å². The fourth-order valence-corrected chi connectivity index (χ4v) is 3.77. The van der Waals surface area contributed by atoms with Crippen LogP contribution in [0.1, 0.15) is 15.9 Å². The van der Waals surface area contributed by atoms with Crippen LogP contribution in [0.4, 0.5) is 0 Å². The zero-order valence-corrected chi connectivity index (χ0v) is 12.3. The number of pyridine rings is 1. The molecular weight excluding hydrogens is 294 g/mol. The lowest BCUT2D eigenvalue weighted by Crippen LogP contribution is -2.13. The Balaban J connectivity index is 2.06. The van der Waals surface area contributed by atoms with Gasteiger partial charge in [-0.3, -0.25) is 14.0 Å². The molecule has 106 valence electrons. The Morgan fingerprint density at radius 3 is 2.41 bits per heavy atom. The molecule has 0 saturated heterocycles. The maximum Gasteiger partial charge on any atom is 0.256 e. The number of nitrogens with zero attached hydrogens (tertiary/aromatic N) is 1. The fraction of sp³-hybridized carbons (Fsp3) is 0. The molecule has 4 rings (SSSR count). The van der Waals surface area contributed by atoms with Gasteiger partial charge in [0.1, 0.15) is 4.83 Å². The predicted octanol–water partition coefficient (Wildman–Crippen LogP) is 3.75. The van der Waals surface area contributed by atoms with Gasteiger partial charge in [0.15, 0.2) is 5.78 Å². The summed E-state index contributed by atoms with van der Waals surface area (Å²) in [6.45, 7) is 0. The summed E-state index contributed by atoms with van der Waals surface area (Å²) < 4.78 is 2.61. The smallest absolute Gasteiger partial charge is 0.256 e. The van der Waals surface area contributed by atoms with Gasteiger partial charge in [0.2, 0.25) is 0 Å². The van der Waals surface area contributed by atoms with Crippen LogP contribution >= 0.6 is 11.3 Å². The molecule has 0 spiro atoms.